The molecule has 1 rings (SSSR count). The Morgan fingerprint density at radius 1 is 1.47 bits per heavy atom. The highest BCUT2D eigenvalue weighted by atomic mass is 16.5. The largest absolute Gasteiger partial charge is 0.481 e. The van der Waals surface area contributed by atoms with Crippen LogP contribution in [0.1, 0.15) is 39.5 Å². The highest BCUT2D eigenvalue weighted by molar-refractivity contribution is 5.75. The molecule has 1 atom stereocenters. The molecule has 0 radical (unpaired) electrons. The molecule has 110 valence electrons. The Morgan fingerprint density at radius 3 is 2.74 bits per heavy atom. The third-order valence-corrected chi connectivity index (χ3v) is 3.41. The number of hydrogen-bond acceptors (Lipinski definition) is 3. The number of amides is 2. The van der Waals surface area contributed by atoms with Crippen LogP contribution in [0.5, 0.6) is 0 Å². The number of hydrogen-bond donors (Lipinski definition) is 2. The van der Waals surface area contributed by atoms with E-state index in [1.165, 1.54) is 0 Å². The topological polar surface area (TPSA) is 78.9 Å². The molecule has 0 aliphatic carbocycles. The maximum Gasteiger partial charge on any atom is 0.317 e. The smallest absolute Gasteiger partial charge is 0.317 e. The molecule has 0 bridgehead atoms. The van der Waals surface area contributed by atoms with Crippen molar-refractivity contribution in [2.24, 2.45) is 0 Å². The van der Waals surface area contributed by atoms with Gasteiger partial charge in [0.2, 0.25) is 0 Å². The lowest BCUT2D eigenvalue weighted by atomic mass is 9.98. The summed E-state index contributed by atoms with van der Waals surface area (Å²) < 4.78 is 5.28. The van der Waals surface area contributed by atoms with Crippen LogP contribution in [-0.2, 0) is 9.53 Å². The molecule has 19 heavy (non-hydrogen) atoms. The van der Waals surface area contributed by atoms with Crippen LogP contribution >= 0.6 is 0 Å². The number of nitrogens with one attached hydrogen (secondary N) is 1. The fraction of sp³-hybridized carbons (Fsp3) is 0.846. The summed E-state index contributed by atoms with van der Waals surface area (Å²) in [4.78, 5) is 24.4. The Balaban J connectivity index is 2.46. The zero-order valence-corrected chi connectivity index (χ0v) is 11.9. The van der Waals surface area contributed by atoms with Gasteiger partial charge in [-0.1, -0.05) is 0 Å². The van der Waals surface area contributed by atoms with Gasteiger partial charge in [-0.2, -0.15) is 0 Å². The van der Waals surface area contributed by atoms with E-state index < -0.39 is 11.5 Å². The van der Waals surface area contributed by atoms with Gasteiger partial charge >= 0.3 is 12.0 Å². The maximum absolute atomic E-state index is 12.1. The first-order chi connectivity index (χ1) is 8.84. The van der Waals surface area contributed by atoms with Crippen molar-refractivity contribution in [2.45, 2.75) is 51.2 Å². The van der Waals surface area contributed by atoms with Crippen molar-refractivity contribution >= 4 is 12.0 Å². The number of aliphatic carboxylic acids is 1. The number of methoxy groups -OCH3 is 1. The zero-order valence-electron chi connectivity index (χ0n) is 11.9. The van der Waals surface area contributed by atoms with E-state index in [1.807, 2.05) is 13.8 Å². The fourth-order valence-electron chi connectivity index (χ4n) is 2.17. The number of piperidine rings is 1. The second kappa shape index (κ2) is 6.75. The molecule has 1 unspecified atom stereocenters. The molecule has 1 saturated heterocycles. The van der Waals surface area contributed by atoms with Crippen molar-refractivity contribution in [1.82, 2.24) is 10.2 Å². The summed E-state index contributed by atoms with van der Waals surface area (Å²) in [6, 6.07) is -0.142. The first-order valence-electron chi connectivity index (χ1n) is 6.66. The minimum absolute atomic E-state index is 0.0496. The molecule has 1 aliphatic heterocycles. The predicted octanol–water partition coefficient (Wildman–Crippen LogP) is 1.45. The molecule has 0 saturated carbocycles. The SMILES string of the molecule is COC1CCCN(C(=O)NC(C)(C)CCC(=O)O)C1. The number of carboxylic acid groups (broad SMARTS) is 1. The van der Waals surface area contributed by atoms with Gasteiger partial charge in [0.1, 0.15) is 0 Å². The van der Waals surface area contributed by atoms with Gasteiger partial charge in [-0.3, -0.25) is 4.79 Å². The standard InChI is InChI=1S/C13H24N2O4/c1-13(2,7-6-11(16)17)14-12(18)15-8-4-5-10(9-15)19-3/h10H,4-9H2,1-3H3,(H,14,18)(H,16,17). The van der Waals surface area contributed by atoms with Crippen LogP contribution in [0.3, 0.4) is 0 Å². The van der Waals surface area contributed by atoms with Crippen molar-refractivity contribution in [3.8, 4) is 0 Å². The fourth-order valence-corrected chi connectivity index (χ4v) is 2.17. The van der Waals surface area contributed by atoms with E-state index in [0.717, 1.165) is 19.4 Å². The first-order valence-corrected chi connectivity index (χ1v) is 6.66. The van der Waals surface area contributed by atoms with Crippen LogP contribution in [0.25, 0.3) is 0 Å². The zero-order chi connectivity index (χ0) is 14.5. The molecule has 2 N–H and O–H groups in total. The van der Waals surface area contributed by atoms with Gasteiger partial charge < -0.3 is 20.1 Å². The number of nitrogens with zero attached hydrogens (tertiary/aromatic N) is 1. The molecule has 0 spiro atoms. The van der Waals surface area contributed by atoms with Gasteiger partial charge in [0.15, 0.2) is 0 Å². The predicted molar refractivity (Wildman–Crippen MR) is 71.1 cm³/mol. The van der Waals surface area contributed by atoms with E-state index in [2.05, 4.69) is 5.32 Å². The maximum atomic E-state index is 12.1. The summed E-state index contributed by atoms with van der Waals surface area (Å²) in [7, 11) is 1.66. The summed E-state index contributed by atoms with van der Waals surface area (Å²) >= 11 is 0. The molecular weight excluding hydrogens is 248 g/mol. The van der Waals surface area contributed by atoms with Gasteiger partial charge in [0, 0.05) is 32.2 Å². The summed E-state index contributed by atoms with van der Waals surface area (Å²) in [6.45, 7) is 5.00. The Morgan fingerprint density at radius 2 is 2.16 bits per heavy atom. The highest BCUT2D eigenvalue weighted by Crippen LogP contribution is 2.15. The van der Waals surface area contributed by atoms with Crippen molar-refractivity contribution < 1.29 is 19.4 Å². The van der Waals surface area contributed by atoms with Crippen LogP contribution in [0, 0.1) is 0 Å². The van der Waals surface area contributed by atoms with E-state index in [0.29, 0.717) is 13.0 Å². The van der Waals surface area contributed by atoms with Crippen LogP contribution in [-0.4, -0.2) is 53.8 Å². The van der Waals surface area contributed by atoms with Gasteiger partial charge in [-0.05, 0) is 33.1 Å². The number of carbonyl (C=O) groups is 2. The average molecular weight is 272 g/mol. The average Bonchev–Trinajstić information content (AvgIpc) is 2.36. The highest BCUT2D eigenvalue weighted by Gasteiger charge is 2.28. The number of carboxylic acids is 1. The van der Waals surface area contributed by atoms with Crippen molar-refractivity contribution in [2.75, 3.05) is 20.2 Å². The summed E-state index contributed by atoms with van der Waals surface area (Å²) in [5.41, 5.74) is -0.518. The van der Waals surface area contributed by atoms with Gasteiger partial charge in [0.25, 0.3) is 0 Å². The summed E-state index contributed by atoms with van der Waals surface area (Å²) in [6.07, 6.45) is 2.47. The van der Waals surface area contributed by atoms with Crippen molar-refractivity contribution in [3.05, 3.63) is 0 Å². The lowest BCUT2D eigenvalue weighted by Crippen LogP contribution is -2.53. The molecule has 6 heteroatoms. The molecular formula is C13H24N2O4. The lowest BCUT2D eigenvalue weighted by molar-refractivity contribution is -0.137. The number of rotatable bonds is 5. The quantitative estimate of drug-likeness (QED) is 0.794. The van der Waals surface area contributed by atoms with Crippen molar-refractivity contribution in [3.63, 3.8) is 0 Å². The second-order valence-corrected chi connectivity index (χ2v) is 5.65. The van der Waals surface area contributed by atoms with E-state index >= 15 is 0 Å². The van der Waals surface area contributed by atoms with Crippen LogP contribution < -0.4 is 5.32 Å². The van der Waals surface area contributed by atoms with Crippen molar-refractivity contribution in [1.29, 1.82) is 0 Å². The second-order valence-electron chi connectivity index (χ2n) is 5.65. The Labute approximate surface area is 114 Å². The third kappa shape index (κ3) is 5.46. The van der Waals surface area contributed by atoms with E-state index in [9.17, 15) is 9.59 Å². The lowest BCUT2D eigenvalue weighted by Gasteiger charge is -2.35. The first kappa shape index (κ1) is 15.8. The minimum Gasteiger partial charge on any atom is -0.481 e. The number of ether oxygens (including phenoxy) is 1. The Hall–Kier alpha value is -1.30. The Kier molecular flexibility index (Phi) is 5.60. The van der Waals surface area contributed by atoms with Gasteiger partial charge in [-0.25, -0.2) is 4.79 Å². The monoisotopic (exact) mass is 272 g/mol. The third-order valence-electron chi connectivity index (χ3n) is 3.41. The molecule has 0 aromatic rings. The Bertz CT molecular complexity index is 331. The van der Waals surface area contributed by atoms with E-state index in [4.69, 9.17) is 9.84 Å². The van der Waals surface area contributed by atoms with Gasteiger partial charge in [-0.15, -0.1) is 0 Å². The molecule has 1 fully saturated rings. The summed E-state index contributed by atoms with van der Waals surface area (Å²) in [5.74, 6) is -0.847. The number of likely N-dealkylation sites (tertiary alicyclic amines) is 1. The molecule has 1 aliphatic rings. The molecule has 1 heterocycles. The van der Waals surface area contributed by atoms with E-state index in [-0.39, 0.29) is 18.6 Å². The number of carbonyl (C=O) groups excluding carboxylic acids is 1. The normalized spacial score (nSPS) is 20.2. The van der Waals surface area contributed by atoms with Crippen LogP contribution in [0.2, 0.25) is 0 Å². The molecule has 2 amide bonds. The minimum atomic E-state index is -0.847. The number of urea groups is 1. The molecule has 0 aromatic heterocycles. The van der Waals surface area contributed by atoms with Crippen LogP contribution in [0.15, 0.2) is 0 Å². The molecule has 0 aromatic carbocycles. The molecule has 6 nitrogen and oxygen atoms in total. The van der Waals surface area contributed by atoms with Crippen LogP contribution in [0.4, 0.5) is 4.79 Å². The van der Waals surface area contributed by atoms with E-state index in [1.54, 1.807) is 12.0 Å². The summed E-state index contributed by atoms with van der Waals surface area (Å²) in [5, 5.41) is 11.6. The van der Waals surface area contributed by atoms with Gasteiger partial charge in [0.05, 0.1) is 6.10 Å².